The second kappa shape index (κ2) is 8.42. The van der Waals surface area contributed by atoms with Gasteiger partial charge in [0.1, 0.15) is 10.6 Å². The second-order valence-corrected chi connectivity index (χ2v) is 7.24. The van der Waals surface area contributed by atoms with Crippen LogP contribution in [0.15, 0.2) is 41.3 Å². The van der Waals surface area contributed by atoms with E-state index < -0.39 is 10.0 Å². The highest BCUT2D eigenvalue weighted by Gasteiger charge is 2.18. The first-order valence-corrected chi connectivity index (χ1v) is 9.32. The normalized spacial score (nSPS) is 11.2. The summed E-state index contributed by atoms with van der Waals surface area (Å²) in [6.07, 6.45) is 0.389. The molecule has 8 heteroatoms. The molecule has 0 bridgehead atoms. The molecule has 0 spiro atoms. The van der Waals surface area contributed by atoms with Gasteiger partial charge in [0.15, 0.2) is 11.5 Å². The van der Waals surface area contributed by atoms with Crippen LogP contribution in [0.3, 0.4) is 0 Å². The van der Waals surface area contributed by atoms with E-state index in [0.29, 0.717) is 23.7 Å². The number of sulfonamides is 1. The quantitative estimate of drug-likeness (QED) is 0.756. The Labute approximate surface area is 152 Å². The highest BCUT2D eigenvalue weighted by molar-refractivity contribution is 7.89. The molecule has 0 aliphatic carbocycles. The van der Waals surface area contributed by atoms with Gasteiger partial charge in [-0.05, 0) is 24.6 Å². The molecule has 6 nitrogen and oxygen atoms in total. The van der Waals surface area contributed by atoms with E-state index in [1.165, 1.54) is 26.4 Å². The summed E-state index contributed by atoms with van der Waals surface area (Å²) in [6, 6.07) is 9.78. The number of nitrogens with one attached hydrogen (secondary N) is 1. The Balaban J connectivity index is 2.18. The maximum atomic E-state index is 12.4. The number of hydrogen-bond acceptors (Lipinski definition) is 5. The van der Waals surface area contributed by atoms with Crippen LogP contribution in [0, 0.1) is 0 Å². The van der Waals surface area contributed by atoms with Crippen LogP contribution in [0.4, 0.5) is 0 Å². The van der Waals surface area contributed by atoms with Gasteiger partial charge in [0, 0.05) is 18.2 Å². The lowest BCUT2D eigenvalue weighted by Gasteiger charge is -2.15. The molecule has 0 aliphatic heterocycles. The first-order chi connectivity index (χ1) is 11.9. The predicted molar refractivity (Wildman–Crippen MR) is 96.4 cm³/mol. The van der Waals surface area contributed by atoms with E-state index in [0.717, 1.165) is 5.56 Å². The molecule has 0 amide bonds. The minimum atomic E-state index is -3.70. The summed E-state index contributed by atoms with van der Waals surface area (Å²) < 4.78 is 43.2. The van der Waals surface area contributed by atoms with Gasteiger partial charge in [-0.1, -0.05) is 23.7 Å². The molecule has 136 valence electrons. The smallest absolute Gasteiger partial charge is 0.242 e. The van der Waals surface area contributed by atoms with Gasteiger partial charge in [-0.25, -0.2) is 13.1 Å². The zero-order valence-electron chi connectivity index (χ0n) is 14.2. The second-order valence-electron chi connectivity index (χ2n) is 5.10. The van der Waals surface area contributed by atoms with Crippen LogP contribution in [0.2, 0.25) is 5.02 Å². The zero-order valence-corrected chi connectivity index (χ0v) is 15.8. The third-order valence-electron chi connectivity index (χ3n) is 3.58. The Kier molecular flexibility index (Phi) is 6.52. The molecule has 0 atom stereocenters. The van der Waals surface area contributed by atoms with Gasteiger partial charge in [0.05, 0.1) is 26.4 Å². The Hall–Kier alpha value is -1.96. The molecule has 2 aromatic carbocycles. The Morgan fingerprint density at radius 2 is 1.76 bits per heavy atom. The van der Waals surface area contributed by atoms with E-state index >= 15 is 0 Å². The van der Waals surface area contributed by atoms with Gasteiger partial charge in [-0.2, -0.15) is 0 Å². The molecule has 0 saturated heterocycles. The maximum absolute atomic E-state index is 12.4. The van der Waals surface area contributed by atoms with Gasteiger partial charge in [0.2, 0.25) is 10.0 Å². The van der Waals surface area contributed by atoms with Gasteiger partial charge in [0.25, 0.3) is 0 Å². The summed E-state index contributed by atoms with van der Waals surface area (Å²) in [4.78, 5) is 0.0480. The minimum Gasteiger partial charge on any atom is -0.497 e. The zero-order chi connectivity index (χ0) is 18.4. The highest BCUT2D eigenvalue weighted by Crippen LogP contribution is 2.35. The summed E-state index contributed by atoms with van der Waals surface area (Å²) in [7, 11) is 0.908. The number of benzene rings is 2. The lowest BCUT2D eigenvalue weighted by Crippen LogP contribution is -2.26. The van der Waals surface area contributed by atoms with Gasteiger partial charge >= 0.3 is 0 Å². The summed E-state index contributed by atoms with van der Waals surface area (Å²) in [6.45, 7) is 0.167. The molecule has 0 aliphatic rings. The molecule has 0 heterocycles. The van der Waals surface area contributed by atoms with Crippen molar-refractivity contribution in [3.05, 3.63) is 47.0 Å². The fraction of sp³-hybridized carbons (Fsp3) is 0.294. The van der Waals surface area contributed by atoms with Crippen molar-refractivity contribution < 1.29 is 22.6 Å². The van der Waals surface area contributed by atoms with Crippen molar-refractivity contribution in [2.75, 3.05) is 27.9 Å². The highest BCUT2D eigenvalue weighted by atomic mass is 35.5. The molecular weight excluding hydrogens is 366 g/mol. The molecule has 0 aromatic heterocycles. The molecule has 2 rings (SSSR count). The Morgan fingerprint density at radius 3 is 2.36 bits per heavy atom. The SMILES string of the molecule is COc1cc(CCNS(=O)(=O)c2ccccc2Cl)c(OC)c(OC)c1. The van der Waals surface area contributed by atoms with Crippen molar-refractivity contribution in [3.63, 3.8) is 0 Å². The van der Waals surface area contributed by atoms with Crippen molar-refractivity contribution in [2.45, 2.75) is 11.3 Å². The molecule has 0 saturated carbocycles. The Morgan fingerprint density at radius 1 is 1.04 bits per heavy atom. The number of rotatable bonds is 8. The average molecular weight is 386 g/mol. The largest absolute Gasteiger partial charge is 0.497 e. The van der Waals surface area contributed by atoms with Crippen molar-refractivity contribution in [3.8, 4) is 17.2 Å². The van der Waals surface area contributed by atoms with Crippen LogP contribution in [-0.4, -0.2) is 36.3 Å². The third kappa shape index (κ3) is 4.56. The van der Waals surface area contributed by atoms with Crippen LogP contribution in [-0.2, 0) is 16.4 Å². The predicted octanol–water partition coefficient (Wildman–Crippen LogP) is 2.89. The van der Waals surface area contributed by atoms with E-state index in [2.05, 4.69) is 4.72 Å². The van der Waals surface area contributed by atoms with Gasteiger partial charge in [-0.15, -0.1) is 0 Å². The summed E-state index contributed by atoms with van der Waals surface area (Å²) in [5.74, 6) is 1.66. The van der Waals surface area contributed by atoms with Crippen molar-refractivity contribution in [1.82, 2.24) is 4.72 Å². The number of ether oxygens (including phenoxy) is 3. The maximum Gasteiger partial charge on any atom is 0.242 e. The topological polar surface area (TPSA) is 73.9 Å². The molecular formula is C17H20ClNO5S. The van der Waals surface area contributed by atoms with Crippen molar-refractivity contribution >= 4 is 21.6 Å². The van der Waals surface area contributed by atoms with Gasteiger partial charge in [-0.3, -0.25) is 0 Å². The van der Waals surface area contributed by atoms with Crippen LogP contribution >= 0.6 is 11.6 Å². The van der Waals surface area contributed by atoms with Crippen LogP contribution in [0.5, 0.6) is 17.2 Å². The summed E-state index contributed by atoms with van der Waals surface area (Å²) >= 11 is 5.96. The lowest BCUT2D eigenvalue weighted by atomic mass is 10.1. The van der Waals surface area contributed by atoms with Crippen molar-refractivity contribution in [2.24, 2.45) is 0 Å². The fourth-order valence-corrected chi connectivity index (χ4v) is 3.93. The van der Waals surface area contributed by atoms with Gasteiger partial charge < -0.3 is 14.2 Å². The Bertz CT molecular complexity index is 839. The fourth-order valence-electron chi connectivity index (χ4n) is 2.38. The van der Waals surface area contributed by atoms with Crippen LogP contribution < -0.4 is 18.9 Å². The van der Waals surface area contributed by atoms with Crippen LogP contribution in [0.25, 0.3) is 0 Å². The first-order valence-electron chi connectivity index (χ1n) is 7.46. The molecule has 25 heavy (non-hydrogen) atoms. The van der Waals surface area contributed by atoms with E-state index in [1.54, 1.807) is 31.4 Å². The van der Waals surface area contributed by atoms with E-state index in [9.17, 15) is 8.42 Å². The standard InChI is InChI=1S/C17H20ClNO5S/c1-22-13-10-12(17(24-3)15(11-13)23-2)8-9-19-25(20,21)16-7-5-4-6-14(16)18/h4-7,10-11,19H,8-9H2,1-3H3. The third-order valence-corrected chi connectivity index (χ3v) is 5.54. The number of hydrogen-bond donors (Lipinski definition) is 1. The molecule has 1 N–H and O–H groups in total. The van der Waals surface area contributed by atoms with E-state index in [4.69, 9.17) is 25.8 Å². The first kappa shape index (κ1) is 19.4. The number of methoxy groups -OCH3 is 3. The average Bonchev–Trinajstić information content (AvgIpc) is 2.60. The minimum absolute atomic E-state index is 0.0480. The molecule has 0 unspecified atom stereocenters. The van der Waals surface area contributed by atoms with E-state index in [-0.39, 0.29) is 16.5 Å². The monoisotopic (exact) mass is 385 g/mol. The summed E-state index contributed by atoms with van der Waals surface area (Å²) in [5, 5.41) is 0.177. The molecule has 0 radical (unpaired) electrons. The van der Waals surface area contributed by atoms with Crippen LogP contribution in [0.1, 0.15) is 5.56 Å². The number of halogens is 1. The van der Waals surface area contributed by atoms with E-state index in [1.807, 2.05) is 0 Å². The van der Waals surface area contributed by atoms with Crippen molar-refractivity contribution in [1.29, 1.82) is 0 Å². The summed E-state index contributed by atoms with van der Waals surface area (Å²) in [5.41, 5.74) is 0.764. The molecule has 2 aromatic rings. The molecule has 0 fully saturated rings. The lowest BCUT2D eigenvalue weighted by molar-refractivity contribution is 0.345.